The van der Waals surface area contributed by atoms with E-state index < -0.39 is 11.9 Å². The molecule has 0 radical (unpaired) electrons. The molecule has 0 bridgehead atoms. The largest absolute Gasteiger partial charge is 0.394 e. The lowest BCUT2D eigenvalue weighted by Gasteiger charge is -2.15. The van der Waals surface area contributed by atoms with E-state index in [0.29, 0.717) is 26.5 Å². The van der Waals surface area contributed by atoms with Crippen LogP contribution in [0.3, 0.4) is 0 Å². The number of ether oxygens (including phenoxy) is 2. The number of hydrogen-bond acceptors (Lipinski definition) is 13. The molecule has 1 rings (SSSR count). The summed E-state index contributed by atoms with van der Waals surface area (Å²) in [6.07, 6.45) is 36.8. The Morgan fingerprint density at radius 2 is 0.694 bits per heavy atom. The van der Waals surface area contributed by atoms with Crippen LogP contribution in [0.1, 0.15) is 208 Å². The van der Waals surface area contributed by atoms with Crippen molar-refractivity contribution >= 4 is 111 Å². The van der Waals surface area contributed by atoms with Crippen molar-refractivity contribution in [2.45, 2.75) is 226 Å². The van der Waals surface area contributed by atoms with Gasteiger partial charge in [-0.1, -0.05) is 149 Å². The van der Waals surface area contributed by atoms with Gasteiger partial charge in [0.05, 0.1) is 33.1 Å². The lowest BCUT2D eigenvalue weighted by atomic mass is 10.1. The monoisotopic (exact) mass is 1290 g/mol. The molecule has 1 fully saturated rings. The highest BCUT2D eigenvalue weighted by atomic mass is 32.2. The molecule has 1 aliphatic heterocycles. The molecule has 1 aliphatic rings. The number of carbonyl (C=O) groups is 4. The number of thioether (sulfide) groups is 3. The molecule has 0 saturated carbocycles. The second-order valence-electron chi connectivity index (χ2n) is 21.7. The molecule has 12 nitrogen and oxygen atoms in total. The zero-order chi connectivity index (χ0) is 64.8. The maximum atomic E-state index is 11.1. The van der Waals surface area contributed by atoms with E-state index in [-0.39, 0.29) is 37.4 Å². The molecule has 1 heterocycles. The maximum Gasteiger partial charge on any atom is 0.310 e. The third-order valence-electron chi connectivity index (χ3n) is 11.8. The fourth-order valence-corrected chi connectivity index (χ4v) is 10.6. The molecule has 0 aliphatic carbocycles. The van der Waals surface area contributed by atoms with Crippen LogP contribution in [0.5, 0.6) is 0 Å². The molecule has 0 aromatic heterocycles. The Kier molecular flexibility index (Phi) is 64.3. The number of hydrogen-bond donors (Lipinski definition) is 6. The average molecular weight is 1300 g/mol. The molecule has 85 heavy (non-hydrogen) atoms. The van der Waals surface area contributed by atoms with Gasteiger partial charge in [0.2, 0.25) is 11.8 Å². The molecule has 18 heteroatoms. The Morgan fingerprint density at radius 1 is 0.435 bits per heavy atom. The van der Waals surface area contributed by atoms with E-state index in [1.807, 2.05) is 0 Å². The fourth-order valence-electron chi connectivity index (χ4n) is 6.86. The van der Waals surface area contributed by atoms with Gasteiger partial charge in [-0.25, -0.2) is 0 Å². The van der Waals surface area contributed by atoms with Gasteiger partial charge in [0.15, 0.2) is 0 Å². The molecule has 10 N–H and O–H groups in total. The molecular weight excluding hydrogens is 1180 g/mol. The van der Waals surface area contributed by atoms with Crippen molar-refractivity contribution in [2.75, 3.05) is 47.7 Å². The summed E-state index contributed by atoms with van der Waals surface area (Å²) in [5.74, 6) is 3.69. The summed E-state index contributed by atoms with van der Waals surface area (Å²) in [6, 6.07) is -0.615. The summed E-state index contributed by atoms with van der Waals surface area (Å²) in [4.78, 5) is 42.9. The second-order valence-corrected chi connectivity index (χ2v) is 26.4. The van der Waals surface area contributed by atoms with Gasteiger partial charge in [-0.3, -0.25) is 19.2 Å². The van der Waals surface area contributed by atoms with E-state index in [1.54, 1.807) is 35.3 Å². The van der Waals surface area contributed by atoms with Crippen LogP contribution >= 0.6 is 71.9 Å². The highest BCUT2D eigenvalue weighted by Crippen LogP contribution is 2.16. The van der Waals surface area contributed by atoms with E-state index in [2.05, 4.69) is 153 Å². The van der Waals surface area contributed by atoms with Crippen LogP contribution in [0, 0.1) is 0 Å². The Balaban J connectivity index is -0.000000339. The summed E-state index contributed by atoms with van der Waals surface area (Å²) < 4.78 is 8.92. The van der Waals surface area contributed by atoms with Gasteiger partial charge in [0.1, 0.15) is 0 Å². The molecular formula is C67H118N6O6S6. The summed E-state index contributed by atoms with van der Waals surface area (Å²) in [5.41, 5.74) is 35.4. The Hall–Kier alpha value is -3.62. The van der Waals surface area contributed by atoms with Gasteiger partial charge in [0, 0.05) is 75.4 Å². The Morgan fingerprint density at radius 3 is 0.894 bits per heavy atom. The van der Waals surface area contributed by atoms with Crippen LogP contribution in [0.25, 0.3) is 0 Å². The number of allylic oxidation sites excluding steroid dienone is 15. The number of amides is 2. The summed E-state index contributed by atoms with van der Waals surface area (Å²) >= 11 is 20.1. The van der Waals surface area contributed by atoms with Gasteiger partial charge in [-0.05, 0) is 173 Å². The summed E-state index contributed by atoms with van der Waals surface area (Å²) in [5, 5.41) is 5.56. The number of esters is 2. The van der Waals surface area contributed by atoms with Crippen molar-refractivity contribution in [3.05, 3.63) is 105 Å². The van der Waals surface area contributed by atoms with E-state index in [4.69, 9.17) is 64.3 Å². The molecule has 0 aromatic carbocycles. The summed E-state index contributed by atoms with van der Waals surface area (Å²) in [6.45, 7) is 33.4. The first kappa shape index (κ1) is 90.1. The van der Waals surface area contributed by atoms with E-state index in [1.165, 1.54) is 97.1 Å². The minimum atomic E-state index is -0.562. The quantitative estimate of drug-likeness (QED) is 0.0114. The van der Waals surface area contributed by atoms with Crippen LogP contribution in [-0.2, 0) is 28.7 Å². The average Bonchev–Trinajstić information content (AvgIpc) is 3.99. The zero-order valence-electron chi connectivity index (χ0n) is 54.7. The minimum absolute atomic E-state index is 0. The predicted octanol–water partition coefficient (Wildman–Crippen LogP) is 16.1. The molecule has 488 valence electrons. The molecule has 0 spiro atoms. The zero-order valence-corrected chi connectivity index (χ0v) is 59.6. The van der Waals surface area contributed by atoms with Crippen molar-refractivity contribution < 1.29 is 28.7 Å². The number of nitrogens with two attached hydrogens (primary N) is 4. The van der Waals surface area contributed by atoms with Gasteiger partial charge in [-0.2, -0.15) is 35.3 Å². The Bertz CT molecular complexity index is 2080. The van der Waals surface area contributed by atoms with E-state index in [9.17, 15) is 19.2 Å². The molecule has 2 amide bonds. The molecule has 0 aromatic rings. The van der Waals surface area contributed by atoms with Crippen molar-refractivity contribution in [2.24, 2.45) is 22.9 Å². The smallest absolute Gasteiger partial charge is 0.310 e. The van der Waals surface area contributed by atoms with Crippen molar-refractivity contribution in [1.82, 2.24) is 10.6 Å². The van der Waals surface area contributed by atoms with Gasteiger partial charge < -0.3 is 43.0 Å². The van der Waals surface area contributed by atoms with Crippen LogP contribution in [0.2, 0.25) is 0 Å². The molecule has 1 saturated heterocycles. The number of carbonyl (C=O) groups excluding carboxylic acids is 4. The van der Waals surface area contributed by atoms with E-state index in [0.717, 1.165) is 107 Å². The number of nitrogens with one attached hydrogen (secondary N) is 2. The maximum absolute atomic E-state index is 11.1. The first-order valence-corrected chi connectivity index (χ1v) is 34.1. The Labute approximate surface area is 547 Å². The van der Waals surface area contributed by atoms with Gasteiger partial charge >= 0.3 is 11.9 Å². The van der Waals surface area contributed by atoms with Gasteiger partial charge in [0.25, 0.3) is 0 Å². The highest BCUT2D eigenvalue weighted by molar-refractivity contribution is 8.00. The summed E-state index contributed by atoms with van der Waals surface area (Å²) in [7, 11) is 0. The standard InChI is InChI=1S/2C20H34N2OS2.C18H32N2S2.C4H6O3.C4H8O.CH4/c2*1-15(2)8-6-9-16(3)10-7-11-17(4)12-13-25-14-19(20(21)24)22-18(5)23;1-14(2)7-5-8-15(3)9-6-10-16(4)11-12-22-13-17(19)18(20)21;1-3(5)7-4(2)6;1-2-4-5-3-1;/h2*8,10,12,19H,6-7,9,11,13-14H2,1-5H3,(H2,21,24)(H,22,23);7,9,11,17H,5-6,8,10,12-13,19H2,1-4H3,(H2,20,21);1-2H3;1-4H2;1H4/b2*16-10+,17-12+;15-9+,16-11+;;;/t2*19-;17-;;;/m111.../s1. The fraction of sp³-hybridized carbons (Fsp3) is 0.627. The van der Waals surface area contributed by atoms with Gasteiger partial charge in [-0.15, -0.1) is 0 Å². The van der Waals surface area contributed by atoms with Crippen molar-refractivity contribution in [1.29, 1.82) is 0 Å². The predicted molar refractivity (Wildman–Crippen MR) is 391 cm³/mol. The van der Waals surface area contributed by atoms with Crippen LogP contribution in [0.4, 0.5) is 0 Å². The van der Waals surface area contributed by atoms with Crippen LogP contribution < -0.4 is 33.6 Å². The third kappa shape index (κ3) is 72.8. The minimum Gasteiger partial charge on any atom is -0.394 e. The third-order valence-corrected chi connectivity index (χ3v) is 15.6. The van der Waals surface area contributed by atoms with Crippen LogP contribution in [-0.4, -0.2) is 105 Å². The van der Waals surface area contributed by atoms with Crippen molar-refractivity contribution in [3.8, 4) is 0 Å². The topological polar surface area (TPSA) is 215 Å². The number of thiocarbonyl (C=S) groups is 3. The lowest BCUT2D eigenvalue weighted by Crippen LogP contribution is -2.44. The number of rotatable bonds is 35. The first-order chi connectivity index (χ1) is 39.4. The van der Waals surface area contributed by atoms with Crippen LogP contribution in [0.15, 0.2) is 105 Å². The second kappa shape index (κ2) is 60.7. The van der Waals surface area contributed by atoms with E-state index >= 15 is 0 Å². The molecule has 3 atom stereocenters. The molecule has 0 unspecified atom stereocenters. The lowest BCUT2D eigenvalue weighted by molar-refractivity contribution is -0.156. The highest BCUT2D eigenvalue weighted by Gasteiger charge is 2.13. The SMILES string of the molecule is C.C1CCOC1.CC(=O)N[C@H](CSC/C=C(\C)CC/C=C(\C)CCC=C(C)C)C(N)=S.CC(=O)N[C@H](CSC/C=C(\C)CC/C=C(\C)CCC=C(C)C)C(N)=S.CC(=O)OC(C)=O.CC(C)=CCC/C(C)=C/CC/C(C)=C/CSC[C@@H](N)C(N)=S. The normalized spacial score (nSPS) is 13.5. The van der Waals surface area contributed by atoms with Crippen molar-refractivity contribution in [3.63, 3.8) is 0 Å². The first-order valence-electron chi connectivity index (χ1n) is 29.4.